The van der Waals surface area contributed by atoms with Crippen LogP contribution < -0.4 is 10.1 Å². The number of amides is 1. The van der Waals surface area contributed by atoms with Crippen LogP contribution in [0, 0.1) is 13.8 Å². The molecule has 0 aromatic carbocycles. The molecule has 6 heteroatoms. The van der Waals surface area contributed by atoms with E-state index < -0.39 is 0 Å². The molecule has 108 valence electrons. The van der Waals surface area contributed by atoms with Gasteiger partial charge in [0.05, 0.1) is 11.7 Å². The van der Waals surface area contributed by atoms with E-state index in [0.29, 0.717) is 5.75 Å². The summed E-state index contributed by atoms with van der Waals surface area (Å²) >= 11 is 1.63. The molecule has 0 saturated heterocycles. The second-order valence-corrected chi connectivity index (χ2v) is 5.70. The molecular formula is C14H19N3O2S. The lowest BCUT2D eigenvalue weighted by atomic mass is 10.3. The zero-order chi connectivity index (χ0) is 14.7. The SMILES string of the molecule is Cc1nn(C)c(C)c1OCC(=O)N[C@H](C)c1cccs1. The molecule has 2 aromatic rings. The predicted molar refractivity (Wildman–Crippen MR) is 79.1 cm³/mol. The fraction of sp³-hybridized carbons (Fsp3) is 0.429. The van der Waals surface area contributed by atoms with Gasteiger partial charge in [0.15, 0.2) is 12.4 Å². The molecule has 1 amide bonds. The van der Waals surface area contributed by atoms with Crippen molar-refractivity contribution in [3.05, 3.63) is 33.8 Å². The van der Waals surface area contributed by atoms with E-state index in [-0.39, 0.29) is 18.6 Å². The van der Waals surface area contributed by atoms with Crippen LogP contribution in [0.5, 0.6) is 5.75 Å². The van der Waals surface area contributed by atoms with Crippen molar-refractivity contribution in [1.82, 2.24) is 15.1 Å². The number of ether oxygens (including phenoxy) is 1. The van der Waals surface area contributed by atoms with Crippen LogP contribution in [0.3, 0.4) is 0 Å². The first-order valence-electron chi connectivity index (χ1n) is 6.44. The highest BCUT2D eigenvalue weighted by molar-refractivity contribution is 7.10. The van der Waals surface area contributed by atoms with Gasteiger partial charge in [-0.2, -0.15) is 5.10 Å². The Morgan fingerprint density at radius 3 is 2.85 bits per heavy atom. The van der Waals surface area contributed by atoms with E-state index in [1.54, 1.807) is 16.0 Å². The number of carbonyl (C=O) groups excluding carboxylic acids is 1. The molecule has 2 heterocycles. The molecule has 0 bridgehead atoms. The van der Waals surface area contributed by atoms with Crippen molar-refractivity contribution in [3.63, 3.8) is 0 Å². The summed E-state index contributed by atoms with van der Waals surface area (Å²) in [6, 6.07) is 3.98. The zero-order valence-electron chi connectivity index (χ0n) is 12.1. The molecule has 0 aliphatic carbocycles. The minimum atomic E-state index is -0.131. The van der Waals surface area contributed by atoms with Gasteiger partial charge in [0.1, 0.15) is 5.69 Å². The maximum absolute atomic E-state index is 11.9. The monoisotopic (exact) mass is 293 g/mol. The minimum absolute atomic E-state index is 0.00203. The second-order valence-electron chi connectivity index (χ2n) is 4.72. The van der Waals surface area contributed by atoms with Crippen LogP contribution in [-0.4, -0.2) is 22.3 Å². The summed E-state index contributed by atoms with van der Waals surface area (Å²) in [6.45, 7) is 5.75. The summed E-state index contributed by atoms with van der Waals surface area (Å²) in [5, 5.41) is 9.17. The third-order valence-corrected chi connectivity index (χ3v) is 4.19. The largest absolute Gasteiger partial charge is 0.480 e. The Balaban J connectivity index is 1.89. The highest BCUT2D eigenvalue weighted by Crippen LogP contribution is 2.21. The summed E-state index contributed by atoms with van der Waals surface area (Å²) in [4.78, 5) is 13.0. The zero-order valence-corrected chi connectivity index (χ0v) is 13.0. The highest BCUT2D eigenvalue weighted by atomic mass is 32.1. The standard InChI is InChI=1S/C14H19N3O2S/c1-9(12-6-5-7-20-12)15-13(18)8-19-14-10(2)16-17(4)11(14)3/h5-7,9H,8H2,1-4H3,(H,15,18)/t9-/m1/s1. The highest BCUT2D eigenvalue weighted by Gasteiger charge is 2.14. The van der Waals surface area contributed by atoms with Gasteiger partial charge in [-0.25, -0.2) is 0 Å². The molecule has 0 aliphatic rings. The summed E-state index contributed by atoms with van der Waals surface area (Å²) in [7, 11) is 1.86. The molecule has 20 heavy (non-hydrogen) atoms. The number of nitrogens with one attached hydrogen (secondary N) is 1. The van der Waals surface area contributed by atoms with Gasteiger partial charge < -0.3 is 10.1 Å². The fourth-order valence-electron chi connectivity index (χ4n) is 1.99. The molecule has 1 atom stereocenters. The van der Waals surface area contributed by atoms with Crippen molar-refractivity contribution in [2.24, 2.45) is 7.05 Å². The minimum Gasteiger partial charge on any atom is -0.480 e. The van der Waals surface area contributed by atoms with E-state index in [9.17, 15) is 4.79 Å². The summed E-state index contributed by atoms with van der Waals surface area (Å²) in [5.41, 5.74) is 1.71. The first-order valence-corrected chi connectivity index (χ1v) is 7.32. The van der Waals surface area contributed by atoms with Crippen molar-refractivity contribution in [2.45, 2.75) is 26.8 Å². The first kappa shape index (κ1) is 14.6. The van der Waals surface area contributed by atoms with Crippen molar-refractivity contribution in [1.29, 1.82) is 0 Å². The van der Waals surface area contributed by atoms with Crippen LogP contribution in [0.25, 0.3) is 0 Å². The molecule has 2 aromatic heterocycles. The Morgan fingerprint density at radius 2 is 2.30 bits per heavy atom. The first-order chi connectivity index (χ1) is 9.49. The maximum atomic E-state index is 11.9. The fourth-order valence-corrected chi connectivity index (χ4v) is 2.73. The lowest BCUT2D eigenvalue weighted by Gasteiger charge is -2.12. The van der Waals surface area contributed by atoms with Gasteiger partial charge in [0.2, 0.25) is 0 Å². The Hall–Kier alpha value is -1.82. The van der Waals surface area contributed by atoms with Gasteiger partial charge in [0, 0.05) is 11.9 Å². The van der Waals surface area contributed by atoms with E-state index >= 15 is 0 Å². The number of hydrogen-bond donors (Lipinski definition) is 1. The average molecular weight is 293 g/mol. The van der Waals surface area contributed by atoms with Crippen LogP contribution in [0.2, 0.25) is 0 Å². The van der Waals surface area contributed by atoms with Gasteiger partial charge in [-0.15, -0.1) is 11.3 Å². The van der Waals surface area contributed by atoms with E-state index in [4.69, 9.17) is 4.74 Å². The smallest absolute Gasteiger partial charge is 0.258 e. The van der Waals surface area contributed by atoms with E-state index in [2.05, 4.69) is 10.4 Å². The van der Waals surface area contributed by atoms with Crippen LogP contribution in [0.15, 0.2) is 17.5 Å². The normalized spacial score (nSPS) is 12.2. The summed E-state index contributed by atoms with van der Waals surface area (Å²) in [5.74, 6) is 0.556. The second kappa shape index (κ2) is 6.09. The number of aromatic nitrogens is 2. The van der Waals surface area contributed by atoms with Gasteiger partial charge in [-0.3, -0.25) is 9.48 Å². The van der Waals surface area contributed by atoms with Crippen molar-refractivity contribution in [2.75, 3.05) is 6.61 Å². The molecule has 0 saturated carbocycles. The van der Waals surface area contributed by atoms with Gasteiger partial charge in [-0.1, -0.05) is 6.07 Å². The van der Waals surface area contributed by atoms with Crippen molar-refractivity contribution in [3.8, 4) is 5.75 Å². The van der Waals surface area contributed by atoms with Crippen molar-refractivity contribution < 1.29 is 9.53 Å². The lowest BCUT2D eigenvalue weighted by molar-refractivity contribution is -0.123. The Bertz CT molecular complexity index is 590. The van der Waals surface area contributed by atoms with Crippen LogP contribution >= 0.6 is 11.3 Å². The number of rotatable bonds is 5. The topological polar surface area (TPSA) is 56.2 Å². The Labute approximate surface area is 122 Å². The van der Waals surface area contributed by atoms with Gasteiger partial charge in [0.25, 0.3) is 5.91 Å². The molecule has 0 fully saturated rings. The van der Waals surface area contributed by atoms with Crippen LogP contribution in [-0.2, 0) is 11.8 Å². The maximum Gasteiger partial charge on any atom is 0.258 e. The summed E-state index contributed by atoms with van der Waals surface area (Å²) in [6.07, 6.45) is 0. The number of carbonyl (C=O) groups is 1. The van der Waals surface area contributed by atoms with Gasteiger partial charge >= 0.3 is 0 Å². The number of thiophene rings is 1. The third-order valence-electron chi connectivity index (χ3n) is 3.14. The number of hydrogen-bond acceptors (Lipinski definition) is 4. The average Bonchev–Trinajstić information content (AvgIpc) is 2.98. The Morgan fingerprint density at radius 1 is 1.55 bits per heavy atom. The molecule has 2 rings (SSSR count). The molecule has 0 spiro atoms. The lowest BCUT2D eigenvalue weighted by Crippen LogP contribution is -2.31. The van der Waals surface area contributed by atoms with Crippen LogP contribution in [0.1, 0.15) is 29.2 Å². The molecule has 0 aliphatic heterocycles. The molecular weight excluding hydrogens is 274 g/mol. The quantitative estimate of drug-likeness (QED) is 0.920. The molecule has 0 radical (unpaired) electrons. The molecule has 1 N–H and O–H groups in total. The van der Waals surface area contributed by atoms with Crippen molar-refractivity contribution >= 4 is 17.2 Å². The number of nitrogens with zero attached hydrogens (tertiary/aromatic N) is 2. The van der Waals surface area contributed by atoms with E-state index in [1.165, 1.54) is 0 Å². The molecule has 0 unspecified atom stereocenters. The van der Waals surface area contributed by atoms with E-state index in [0.717, 1.165) is 16.3 Å². The van der Waals surface area contributed by atoms with Gasteiger partial charge in [-0.05, 0) is 32.2 Å². The Kier molecular flexibility index (Phi) is 4.44. The van der Waals surface area contributed by atoms with Crippen LogP contribution in [0.4, 0.5) is 0 Å². The third kappa shape index (κ3) is 3.19. The predicted octanol–water partition coefficient (Wildman–Crippen LogP) is 2.35. The van der Waals surface area contributed by atoms with E-state index in [1.807, 2.05) is 45.3 Å². The summed E-state index contributed by atoms with van der Waals surface area (Å²) < 4.78 is 7.32. The molecule has 5 nitrogen and oxygen atoms in total. The number of aryl methyl sites for hydroxylation is 2.